The van der Waals surface area contributed by atoms with E-state index in [2.05, 4.69) is 10.6 Å². The topological polar surface area (TPSA) is 96.9 Å². The van der Waals surface area contributed by atoms with Gasteiger partial charge in [0, 0.05) is 32.7 Å². The number of amides is 2. The molecule has 7 nitrogen and oxygen atoms in total. The molecule has 0 fully saturated rings. The van der Waals surface area contributed by atoms with Crippen LogP contribution < -0.4 is 10.6 Å². The summed E-state index contributed by atoms with van der Waals surface area (Å²) < 4.78 is 10.5. The van der Waals surface area contributed by atoms with Crippen molar-refractivity contribution in [3.8, 4) is 0 Å². The Bertz CT molecular complexity index is 277. The van der Waals surface area contributed by atoms with Crippen LogP contribution in [0.2, 0.25) is 0 Å². The van der Waals surface area contributed by atoms with Crippen LogP contribution in [-0.4, -0.2) is 63.5 Å². The minimum atomic E-state index is 0.0652. The molecular weight excluding hydrogens is 300 g/mol. The highest BCUT2D eigenvalue weighted by Gasteiger charge is 2.00. The van der Waals surface area contributed by atoms with Gasteiger partial charge in [-0.15, -0.1) is 0 Å². The fourth-order valence-corrected chi connectivity index (χ4v) is 1.94. The van der Waals surface area contributed by atoms with Crippen LogP contribution in [-0.2, 0) is 19.1 Å². The number of aliphatic hydroxyl groups is 1. The highest BCUT2D eigenvalue weighted by molar-refractivity contribution is 5.75. The summed E-state index contributed by atoms with van der Waals surface area (Å²) in [5.74, 6) is 0.0652. The van der Waals surface area contributed by atoms with Crippen molar-refractivity contribution < 1.29 is 24.2 Å². The van der Waals surface area contributed by atoms with Gasteiger partial charge in [-0.1, -0.05) is 19.3 Å². The van der Waals surface area contributed by atoms with Crippen LogP contribution in [0.5, 0.6) is 0 Å². The molecule has 136 valence electrons. The predicted molar refractivity (Wildman–Crippen MR) is 88.1 cm³/mol. The highest BCUT2D eigenvalue weighted by Crippen LogP contribution is 2.04. The number of aliphatic hydroxyl groups excluding tert-OH is 1. The van der Waals surface area contributed by atoms with Gasteiger partial charge in [-0.05, 0) is 19.3 Å². The number of carbonyl (C=O) groups is 2. The summed E-state index contributed by atoms with van der Waals surface area (Å²) in [6, 6.07) is 0. The van der Waals surface area contributed by atoms with Crippen molar-refractivity contribution in [2.45, 2.75) is 44.9 Å². The van der Waals surface area contributed by atoms with E-state index in [1.807, 2.05) is 0 Å². The number of ether oxygens (including phenoxy) is 2. The van der Waals surface area contributed by atoms with Gasteiger partial charge >= 0.3 is 0 Å². The Kier molecular flexibility index (Phi) is 17.9. The van der Waals surface area contributed by atoms with Gasteiger partial charge in [0.05, 0.1) is 19.8 Å². The van der Waals surface area contributed by atoms with E-state index >= 15 is 0 Å². The average molecular weight is 332 g/mol. The molecule has 7 heteroatoms. The van der Waals surface area contributed by atoms with Crippen molar-refractivity contribution in [1.82, 2.24) is 10.6 Å². The smallest absolute Gasteiger partial charge is 0.220 e. The molecule has 0 radical (unpaired) electrons. The summed E-state index contributed by atoms with van der Waals surface area (Å²) in [4.78, 5) is 21.6. The molecule has 0 atom stereocenters. The quantitative estimate of drug-likeness (QED) is 0.252. The second kappa shape index (κ2) is 18.9. The van der Waals surface area contributed by atoms with E-state index in [4.69, 9.17) is 14.6 Å². The fourth-order valence-electron chi connectivity index (χ4n) is 1.94. The van der Waals surface area contributed by atoms with Gasteiger partial charge in [-0.25, -0.2) is 0 Å². The van der Waals surface area contributed by atoms with Crippen molar-refractivity contribution in [2.75, 3.05) is 46.1 Å². The molecule has 0 saturated heterocycles. The van der Waals surface area contributed by atoms with Crippen molar-refractivity contribution >= 4 is 12.3 Å². The van der Waals surface area contributed by atoms with Crippen LogP contribution in [0, 0.1) is 0 Å². The lowest BCUT2D eigenvalue weighted by molar-refractivity contribution is -0.121. The maximum absolute atomic E-state index is 11.6. The van der Waals surface area contributed by atoms with Gasteiger partial charge in [0.2, 0.25) is 12.3 Å². The number of hydrogen-bond donors (Lipinski definition) is 3. The Labute approximate surface area is 139 Å². The molecule has 0 saturated carbocycles. The second-order valence-corrected chi connectivity index (χ2v) is 5.24. The SMILES string of the molecule is O=CNCCCCCCCC(=O)NCCOCCOCCCO. The zero-order valence-corrected chi connectivity index (χ0v) is 14.1. The predicted octanol–water partition coefficient (Wildman–Crippen LogP) is 0.605. The van der Waals surface area contributed by atoms with Crippen molar-refractivity contribution in [3.63, 3.8) is 0 Å². The average Bonchev–Trinajstić information content (AvgIpc) is 2.56. The summed E-state index contributed by atoms with van der Waals surface area (Å²) in [5.41, 5.74) is 0. The number of hydrogen-bond acceptors (Lipinski definition) is 5. The minimum Gasteiger partial charge on any atom is -0.396 e. The van der Waals surface area contributed by atoms with Gasteiger partial charge < -0.3 is 25.2 Å². The van der Waals surface area contributed by atoms with Gasteiger partial charge in [-0.3, -0.25) is 9.59 Å². The highest BCUT2D eigenvalue weighted by atomic mass is 16.5. The minimum absolute atomic E-state index is 0.0652. The first-order valence-corrected chi connectivity index (χ1v) is 8.51. The first kappa shape index (κ1) is 21.8. The lowest BCUT2D eigenvalue weighted by Crippen LogP contribution is -2.27. The number of unbranched alkanes of at least 4 members (excludes halogenated alkanes) is 4. The second-order valence-electron chi connectivity index (χ2n) is 5.24. The summed E-state index contributed by atoms with van der Waals surface area (Å²) in [6.45, 7) is 3.44. The van der Waals surface area contributed by atoms with E-state index in [0.717, 1.165) is 45.1 Å². The van der Waals surface area contributed by atoms with Crippen molar-refractivity contribution in [3.05, 3.63) is 0 Å². The van der Waals surface area contributed by atoms with E-state index in [0.29, 0.717) is 45.8 Å². The summed E-state index contributed by atoms with van der Waals surface area (Å²) >= 11 is 0. The standard InChI is InChI=1S/C16H32N2O5/c19-10-6-11-22-13-14-23-12-9-18-16(21)7-4-2-1-3-5-8-17-15-20/h15,19H,1-14H2,(H,17,20)(H,18,21). The molecule has 0 spiro atoms. The van der Waals surface area contributed by atoms with Crippen LogP contribution in [0.4, 0.5) is 0 Å². The van der Waals surface area contributed by atoms with Crippen LogP contribution in [0.1, 0.15) is 44.9 Å². The molecular formula is C16H32N2O5. The third-order valence-corrected chi connectivity index (χ3v) is 3.20. The van der Waals surface area contributed by atoms with Crippen molar-refractivity contribution in [1.29, 1.82) is 0 Å². The van der Waals surface area contributed by atoms with Gasteiger partial charge in [0.15, 0.2) is 0 Å². The van der Waals surface area contributed by atoms with Crippen LogP contribution in [0.3, 0.4) is 0 Å². The molecule has 0 aromatic carbocycles. The summed E-state index contributed by atoms with van der Waals surface area (Å²) in [6.07, 6.45) is 7.01. The van der Waals surface area contributed by atoms with Crippen LogP contribution in [0.15, 0.2) is 0 Å². The molecule has 0 bridgehead atoms. The van der Waals surface area contributed by atoms with Crippen LogP contribution >= 0.6 is 0 Å². The lowest BCUT2D eigenvalue weighted by Gasteiger charge is -2.07. The van der Waals surface area contributed by atoms with Crippen LogP contribution in [0.25, 0.3) is 0 Å². The molecule has 23 heavy (non-hydrogen) atoms. The molecule has 0 aliphatic carbocycles. The Morgan fingerprint density at radius 1 is 0.870 bits per heavy atom. The van der Waals surface area contributed by atoms with E-state index in [1.165, 1.54) is 0 Å². The number of carbonyl (C=O) groups excluding carboxylic acids is 2. The van der Waals surface area contributed by atoms with Gasteiger partial charge in [-0.2, -0.15) is 0 Å². The number of rotatable bonds is 18. The Hall–Kier alpha value is -1.18. The van der Waals surface area contributed by atoms with E-state index in [1.54, 1.807) is 0 Å². The Morgan fingerprint density at radius 3 is 2.30 bits per heavy atom. The molecule has 0 aromatic rings. The maximum Gasteiger partial charge on any atom is 0.220 e. The third-order valence-electron chi connectivity index (χ3n) is 3.20. The number of nitrogens with one attached hydrogen (secondary N) is 2. The van der Waals surface area contributed by atoms with E-state index < -0.39 is 0 Å². The fraction of sp³-hybridized carbons (Fsp3) is 0.875. The summed E-state index contributed by atoms with van der Waals surface area (Å²) in [7, 11) is 0. The first-order chi connectivity index (χ1) is 11.3. The normalized spacial score (nSPS) is 10.5. The zero-order chi connectivity index (χ0) is 17.0. The monoisotopic (exact) mass is 332 g/mol. The van der Waals surface area contributed by atoms with Crippen molar-refractivity contribution in [2.24, 2.45) is 0 Å². The third kappa shape index (κ3) is 18.8. The molecule has 0 rings (SSSR count). The maximum atomic E-state index is 11.6. The van der Waals surface area contributed by atoms with E-state index in [9.17, 15) is 9.59 Å². The largest absolute Gasteiger partial charge is 0.396 e. The Morgan fingerprint density at radius 2 is 1.57 bits per heavy atom. The molecule has 0 heterocycles. The molecule has 0 aliphatic heterocycles. The molecule has 0 unspecified atom stereocenters. The molecule has 0 aromatic heterocycles. The Balaban J connectivity index is 3.14. The lowest BCUT2D eigenvalue weighted by atomic mass is 10.1. The molecule has 2 amide bonds. The zero-order valence-electron chi connectivity index (χ0n) is 14.1. The summed E-state index contributed by atoms with van der Waals surface area (Å²) in [5, 5.41) is 14.0. The van der Waals surface area contributed by atoms with Gasteiger partial charge in [0.25, 0.3) is 0 Å². The molecule has 3 N–H and O–H groups in total. The van der Waals surface area contributed by atoms with E-state index in [-0.39, 0.29) is 12.5 Å². The molecule has 0 aliphatic rings. The van der Waals surface area contributed by atoms with Gasteiger partial charge in [0.1, 0.15) is 0 Å². The first-order valence-electron chi connectivity index (χ1n) is 8.51.